The monoisotopic (exact) mass is 290 g/mol. The molecular formula is C19H14O3. The minimum atomic E-state index is -0.445. The third-order valence-corrected chi connectivity index (χ3v) is 3.11. The first-order valence-electron chi connectivity index (χ1n) is 6.91. The van der Waals surface area contributed by atoms with Gasteiger partial charge in [0.05, 0.1) is 6.26 Å². The van der Waals surface area contributed by atoms with E-state index in [0.29, 0.717) is 11.5 Å². The Morgan fingerprint density at radius 3 is 2.45 bits per heavy atom. The van der Waals surface area contributed by atoms with E-state index in [0.717, 1.165) is 11.1 Å². The molecule has 108 valence electrons. The fourth-order valence-corrected chi connectivity index (χ4v) is 2.09. The number of ether oxygens (including phenoxy) is 1. The summed E-state index contributed by atoms with van der Waals surface area (Å²) in [7, 11) is 0. The van der Waals surface area contributed by atoms with Crippen molar-refractivity contribution in [1.82, 2.24) is 0 Å². The van der Waals surface area contributed by atoms with Crippen molar-refractivity contribution in [3.63, 3.8) is 0 Å². The van der Waals surface area contributed by atoms with Gasteiger partial charge in [-0.25, -0.2) is 4.79 Å². The lowest BCUT2D eigenvalue weighted by atomic mass is 10.1. The van der Waals surface area contributed by atoms with Crippen LogP contribution < -0.4 is 4.74 Å². The average molecular weight is 290 g/mol. The number of rotatable bonds is 4. The molecular weight excluding hydrogens is 276 g/mol. The van der Waals surface area contributed by atoms with Crippen molar-refractivity contribution in [2.45, 2.75) is 0 Å². The van der Waals surface area contributed by atoms with Crippen molar-refractivity contribution < 1.29 is 13.9 Å². The zero-order chi connectivity index (χ0) is 15.2. The van der Waals surface area contributed by atoms with Crippen LogP contribution in [0.4, 0.5) is 0 Å². The summed E-state index contributed by atoms with van der Waals surface area (Å²) in [5.41, 5.74) is 1.88. The zero-order valence-electron chi connectivity index (χ0n) is 11.8. The lowest BCUT2D eigenvalue weighted by Crippen LogP contribution is -2.04. The lowest BCUT2D eigenvalue weighted by molar-refractivity contribution is -0.128. The minimum absolute atomic E-state index is 0.445. The summed E-state index contributed by atoms with van der Waals surface area (Å²) in [6, 6.07) is 20.8. The second-order valence-electron chi connectivity index (χ2n) is 4.63. The predicted octanol–water partition coefficient (Wildman–Crippen LogP) is 4.57. The molecule has 22 heavy (non-hydrogen) atoms. The van der Waals surface area contributed by atoms with E-state index in [1.165, 1.54) is 6.08 Å². The number of furan rings is 1. The molecule has 0 aliphatic heterocycles. The number of hydrogen-bond acceptors (Lipinski definition) is 3. The van der Waals surface area contributed by atoms with Crippen LogP contribution >= 0.6 is 0 Å². The number of carbonyl (C=O) groups is 1. The number of carbonyl (C=O) groups excluding carboxylic acids is 1. The van der Waals surface area contributed by atoms with E-state index in [1.54, 1.807) is 30.5 Å². The van der Waals surface area contributed by atoms with E-state index in [1.807, 2.05) is 48.5 Å². The Morgan fingerprint density at radius 2 is 1.68 bits per heavy atom. The molecule has 3 rings (SSSR count). The van der Waals surface area contributed by atoms with Crippen LogP contribution in [0.15, 0.2) is 83.5 Å². The van der Waals surface area contributed by atoms with Crippen molar-refractivity contribution >= 4 is 12.0 Å². The third-order valence-electron chi connectivity index (χ3n) is 3.11. The molecule has 0 radical (unpaired) electrons. The lowest BCUT2D eigenvalue weighted by Gasteiger charge is -2.08. The van der Waals surface area contributed by atoms with Gasteiger partial charge in [0.1, 0.15) is 11.5 Å². The van der Waals surface area contributed by atoms with Gasteiger partial charge in [-0.3, -0.25) is 0 Å². The molecule has 3 heteroatoms. The van der Waals surface area contributed by atoms with Crippen molar-refractivity contribution in [3.05, 3.63) is 84.8 Å². The summed E-state index contributed by atoms with van der Waals surface area (Å²) < 4.78 is 10.6. The highest BCUT2D eigenvalue weighted by atomic mass is 16.5. The van der Waals surface area contributed by atoms with Crippen molar-refractivity contribution in [1.29, 1.82) is 0 Å². The van der Waals surface area contributed by atoms with Gasteiger partial charge in [0.2, 0.25) is 0 Å². The minimum Gasteiger partial charge on any atom is -0.465 e. The van der Waals surface area contributed by atoms with Crippen LogP contribution in [-0.4, -0.2) is 5.97 Å². The molecule has 0 amide bonds. The zero-order valence-corrected chi connectivity index (χ0v) is 11.8. The molecule has 1 heterocycles. The third kappa shape index (κ3) is 3.33. The van der Waals surface area contributed by atoms with Crippen molar-refractivity contribution in [2.24, 2.45) is 0 Å². The van der Waals surface area contributed by atoms with Gasteiger partial charge >= 0.3 is 5.97 Å². The van der Waals surface area contributed by atoms with Gasteiger partial charge in [-0.05, 0) is 29.8 Å². The summed E-state index contributed by atoms with van der Waals surface area (Å²) in [6.45, 7) is 0. The van der Waals surface area contributed by atoms with Crippen molar-refractivity contribution in [2.75, 3.05) is 0 Å². The highest BCUT2D eigenvalue weighted by Gasteiger charge is 2.08. The number of hydrogen-bond donors (Lipinski definition) is 0. The molecule has 0 saturated carbocycles. The van der Waals surface area contributed by atoms with Crippen LogP contribution in [0, 0.1) is 0 Å². The van der Waals surface area contributed by atoms with Crippen LogP contribution in [-0.2, 0) is 4.79 Å². The average Bonchev–Trinajstić information content (AvgIpc) is 3.08. The fraction of sp³-hybridized carbons (Fsp3) is 0. The smallest absolute Gasteiger partial charge is 0.336 e. The van der Waals surface area contributed by atoms with E-state index in [9.17, 15) is 4.79 Å². The van der Waals surface area contributed by atoms with E-state index < -0.39 is 5.97 Å². The summed E-state index contributed by atoms with van der Waals surface area (Å²) in [5.74, 6) is 0.691. The second-order valence-corrected chi connectivity index (χ2v) is 4.63. The van der Waals surface area contributed by atoms with Crippen LogP contribution in [0.5, 0.6) is 5.75 Å². The molecule has 0 aliphatic carbocycles. The first kappa shape index (κ1) is 13.9. The van der Waals surface area contributed by atoms with E-state index in [-0.39, 0.29) is 0 Å². The molecule has 3 aromatic rings. The Balaban J connectivity index is 1.80. The topological polar surface area (TPSA) is 39.4 Å². The Morgan fingerprint density at radius 1 is 0.909 bits per heavy atom. The maximum Gasteiger partial charge on any atom is 0.336 e. The van der Waals surface area contributed by atoms with Gasteiger partial charge in [-0.15, -0.1) is 0 Å². The van der Waals surface area contributed by atoms with Gasteiger partial charge < -0.3 is 9.15 Å². The van der Waals surface area contributed by atoms with Gasteiger partial charge in [0, 0.05) is 11.6 Å². The van der Waals surface area contributed by atoms with Gasteiger partial charge in [0.25, 0.3) is 0 Å². The Kier molecular flexibility index (Phi) is 4.16. The second kappa shape index (κ2) is 6.59. The highest BCUT2D eigenvalue weighted by Crippen LogP contribution is 2.29. The highest BCUT2D eigenvalue weighted by molar-refractivity contribution is 5.89. The molecule has 0 N–H and O–H groups in total. The largest absolute Gasteiger partial charge is 0.465 e. The van der Waals surface area contributed by atoms with Crippen LogP contribution in [0.1, 0.15) is 5.76 Å². The summed E-state index contributed by atoms with van der Waals surface area (Å²) >= 11 is 0. The number of benzene rings is 2. The van der Waals surface area contributed by atoms with Gasteiger partial charge in [-0.2, -0.15) is 0 Å². The molecule has 1 aromatic heterocycles. The van der Waals surface area contributed by atoms with Crippen LogP contribution in [0.3, 0.4) is 0 Å². The maximum atomic E-state index is 11.9. The van der Waals surface area contributed by atoms with Crippen molar-refractivity contribution in [3.8, 4) is 16.9 Å². The van der Waals surface area contributed by atoms with E-state index in [4.69, 9.17) is 9.15 Å². The quantitative estimate of drug-likeness (QED) is 0.401. The Labute approximate surface area is 128 Å². The van der Waals surface area contributed by atoms with Crippen LogP contribution in [0.2, 0.25) is 0 Å². The molecule has 3 nitrogen and oxygen atoms in total. The molecule has 0 spiro atoms. The molecule has 0 saturated heterocycles. The SMILES string of the molecule is O=C(/C=C/c1ccco1)Oc1ccccc1-c1ccccc1. The van der Waals surface area contributed by atoms with E-state index in [2.05, 4.69) is 0 Å². The summed E-state index contributed by atoms with van der Waals surface area (Å²) in [4.78, 5) is 11.9. The first-order chi connectivity index (χ1) is 10.8. The van der Waals surface area contributed by atoms with Gasteiger partial charge in [0.15, 0.2) is 0 Å². The summed E-state index contributed by atoms with van der Waals surface area (Å²) in [6.07, 6.45) is 4.48. The molecule has 0 bridgehead atoms. The molecule has 0 atom stereocenters. The first-order valence-corrected chi connectivity index (χ1v) is 6.91. The standard InChI is InChI=1S/C19H14O3/c20-19(13-12-16-9-6-14-21-16)22-18-11-5-4-10-17(18)15-7-2-1-3-8-15/h1-14H/b13-12+. The Bertz CT molecular complexity index is 771. The maximum absolute atomic E-state index is 11.9. The fourth-order valence-electron chi connectivity index (χ4n) is 2.09. The number of esters is 1. The Hall–Kier alpha value is -3.07. The number of para-hydroxylation sites is 1. The molecule has 0 fully saturated rings. The molecule has 0 unspecified atom stereocenters. The van der Waals surface area contributed by atoms with E-state index >= 15 is 0 Å². The molecule has 2 aromatic carbocycles. The van der Waals surface area contributed by atoms with Crippen LogP contribution in [0.25, 0.3) is 17.2 Å². The normalized spacial score (nSPS) is 10.7. The predicted molar refractivity (Wildman–Crippen MR) is 85.3 cm³/mol. The molecule has 0 aliphatic rings. The van der Waals surface area contributed by atoms with Gasteiger partial charge in [-0.1, -0.05) is 48.5 Å². The summed E-state index contributed by atoms with van der Waals surface area (Å²) in [5, 5.41) is 0.